The van der Waals surface area contributed by atoms with Crippen LogP contribution in [0, 0.1) is 0 Å². The molecule has 0 aromatic carbocycles. The minimum Gasteiger partial charge on any atom is -0.389 e. The van der Waals surface area contributed by atoms with Gasteiger partial charge < -0.3 is 15.0 Å². The van der Waals surface area contributed by atoms with Gasteiger partial charge in [-0.15, -0.1) is 0 Å². The molecule has 0 bridgehead atoms. The minimum absolute atomic E-state index is 0.0238. The largest absolute Gasteiger partial charge is 0.389 e. The fraction of sp³-hybridized carbons (Fsp3) is 0.643. The van der Waals surface area contributed by atoms with Gasteiger partial charge in [-0.2, -0.15) is 0 Å². The van der Waals surface area contributed by atoms with Crippen LogP contribution >= 0.6 is 0 Å². The van der Waals surface area contributed by atoms with Crippen molar-refractivity contribution in [2.45, 2.75) is 44.2 Å². The second-order valence-corrected chi connectivity index (χ2v) is 5.19. The van der Waals surface area contributed by atoms with Gasteiger partial charge in [0, 0.05) is 31.9 Å². The summed E-state index contributed by atoms with van der Waals surface area (Å²) in [7, 11) is 0. The minimum atomic E-state index is -0.528. The zero-order chi connectivity index (χ0) is 12.8. The quantitative estimate of drug-likeness (QED) is 0.770. The molecule has 0 amide bonds. The Kier molecular flexibility index (Phi) is 4.55. The Morgan fingerprint density at radius 2 is 2.06 bits per heavy atom. The third-order valence-corrected chi connectivity index (χ3v) is 3.67. The molecule has 4 heteroatoms. The second-order valence-electron chi connectivity index (χ2n) is 5.19. The summed E-state index contributed by atoms with van der Waals surface area (Å²) in [6.45, 7) is 2.00. The molecule has 0 aliphatic heterocycles. The van der Waals surface area contributed by atoms with Gasteiger partial charge in [0.15, 0.2) is 0 Å². The van der Waals surface area contributed by atoms with Crippen LogP contribution in [0.3, 0.4) is 0 Å². The van der Waals surface area contributed by atoms with Crippen LogP contribution in [0.5, 0.6) is 0 Å². The van der Waals surface area contributed by atoms with Crippen molar-refractivity contribution in [3.8, 4) is 0 Å². The van der Waals surface area contributed by atoms with E-state index in [9.17, 15) is 9.90 Å². The van der Waals surface area contributed by atoms with Crippen molar-refractivity contribution in [3.05, 3.63) is 34.7 Å². The molecule has 1 aliphatic rings. The highest BCUT2D eigenvalue weighted by Crippen LogP contribution is 2.27. The normalized spacial score (nSPS) is 18.7. The Hall–Kier alpha value is -1.13. The summed E-state index contributed by atoms with van der Waals surface area (Å²) in [4.78, 5) is 11.5. The average molecular weight is 250 g/mol. The van der Waals surface area contributed by atoms with Crippen molar-refractivity contribution < 1.29 is 5.11 Å². The van der Waals surface area contributed by atoms with E-state index in [1.807, 2.05) is 6.07 Å². The summed E-state index contributed by atoms with van der Waals surface area (Å²) >= 11 is 0. The molecule has 1 aromatic rings. The maximum atomic E-state index is 11.5. The number of hydrogen-bond acceptors (Lipinski definition) is 3. The Balaban J connectivity index is 1.73. The summed E-state index contributed by atoms with van der Waals surface area (Å²) in [5.74, 6) is 0. The number of pyridine rings is 1. The van der Waals surface area contributed by atoms with E-state index in [2.05, 4.69) is 5.32 Å². The Morgan fingerprint density at radius 3 is 2.78 bits per heavy atom. The van der Waals surface area contributed by atoms with E-state index in [1.165, 1.54) is 6.42 Å². The maximum absolute atomic E-state index is 11.5. The van der Waals surface area contributed by atoms with E-state index < -0.39 is 5.60 Å². The second kappa shape index (κ2) is 6.16. The highest BCUT2D eigenvalue weighted by molar-refractivity contribution is 4.93. The number of rotatable bonds is 5. The van der Waals surface area contributed by atoms with Gasteiger partial charge in [0.05, 0.1) is 5.60 Å². The molecule has 1 saturated carbocycles. The molecular weight excluding hydrogens is 228 g/mol. The van der Waals surface area contributed by atoms with Crippen LogP contribution in [-0.4, -0.2) is 28.4 Å². The summed E-state index contributed by atoms with van der Waals surface area (Å²) < 4.78 is 1.68. The zero-order valence-electron chi connectivity index (χ0n) is 10.8. The fourth-order valence-corrected chi connectivity index (χ4v) is 2.55. The van der Waals surface area contributed by atoms with Crippen LogP contribution in [-0.2, 0) is 6.54 Å². The Morgan fingerprint density at radius 1 is 1.28 bits per heavy atom. The van der Waals surface area contributed by atoms with Gasteiger partial charge in [0.2, 0.25) is 0 Å². The maximum Gasteiger partial charge on any atom is 0.250 e. The van der Waals surface area contributed by atoms with E-state index in [4.69, 9.17) is 0 Å². The van der Waals surface area contributed by atoms with Crippen molar-refractivity contribution in [1.82, 2.24) is 9.88 Å². The molecule has 1 aromatic heterocycles. The summed E-state index contributed by atoms with van der Waals surface area (Å²) in [6, 6.07) is 5.17. The lowest BCUT2D eigenvalue weighted by Gasteiger charge is -2.32. The molecule has 2 rings (SSSR count). The first kappa shape index (κ1) is 13.3. The van der Waals surface area contributed by atoms with E-state index in [1.54, 1.807) is 22.9 Å². The van der Waals surface area contributed by atoms with E-state index >= 15 is 0 Å². The van der Waals surface area contributed by atoms with Gasteiger partial charge in [-0.1, -0.05) is 25.3 Å². The highest BCUT2D eigenvalue weighted by Gasteiger charge is 2.28. The zero-order valence-corrected chi connectivity index (χ0v) is 10.8. The summed E-state index contributed by atoms with van der Waals surface area (Å²) in [6.07, 6.45) is 7.06. The standard InChI is InChI=1S/C14H22N2O2/c17-13-6-2-5-10-16(13)11-9-15-12-14(18)7-3-1-4-8-14/h2,5-6,10,15,18H,1,3-4,7-9,11-12H2. The van der Waals surface area contributed by atoms with E-state index in [-0.39, 0.29) is 5.56 Å². The summed E-state index contributed by atoms with van der Waals surface area (Å²) in [5, 5.41) is 13.6. The van der Waals surface area contributed by atoms with Gasteiger partial charge in [0.25, 0.3) is 5.56 Å². The topological polar surface area (TPSA) is 54.3 Å². The van der Waals surface area contributed by atoms with Crippen LogP contribution in [0.4, 0.5) is 0 Å². The lowest BCUT2D eigenvalue weighted by atomic mass is 9.85. The molecule has 0 radical (unpaired) electrons. The number of aromatic nitrogens is 1. The predicted molar refractivity (Wildman–Crippen MR) is 71.6 cm³/mol. The van der Waals surface area contributed by atoms with Crippen LogP contribution in [0.2, 0.25) is 0 Å². The van der Waals surface area contributed by atoms with Gasteiger partial charge in [-0.3, -0.25) is 4.79 Å². The molecule has 0 spiro atoms. The van der Waals surface area contributed by atoms with Crippen LogP contribution < -0.4 is 10.9 Å². The monoisotopic (exact) mass is 250 g/mol. The van der Waals surface area contributed by atoms with E-state index in [0.717, 1.165) is 25.7 Å². The lowest BCUT2D eigenvalue weighted by Crippen LogP contribution is -2.43. The third kappa shape index (κ3) is 3.68. The van der Waals surface area contributed by atoms with Crippen molar-refractivity contribution in [3.63, 3.8) is 0 Å². The number of hydrogen-bond donors (Lipinski definition) is 2. The Labute approximate surface area is 108 Å². The molecule has 2 N–H and O–H groups in total. The molecule has 100 valence electrons. The third-order valence-electron chi connectivity index (χ3n) is 3.67. The van der Waals surface area contributed by atoms with Gasteiger partial charge in [0.1, 0.15) is 0 Å². The number of aliphatic hydroxyl groups is 1. The van der Waals surface area contributed by atoms with Gasteiger partial charge in [-0.05, 0) is 18.9 Å². The van der Waals surface area contributed by atoms with Crippen molar-refractivity contribution in [2.75, 3.05) is 13.1 Å². The van der Waals surface area contributed by atoms with Gasteiger partial charge in [-0.25, -0.2) is 0 Å². The molecular formula is C14H22N2O2. The van der Waals surface area contributed by atoms with Crippen molar-refractivity contribution in [2.24, 2.45) is 0 Å². The van der Waals surface area contributed by atoms with Crippen LogP contribution in [0.1, 0.15) is 32.1 Å². The molecule has 0 saturated heterocycles. The fourth-order valence-electron chi connectivity index (χ4n) is 2.55. The van der Waals surface area contributed by atoms with Crippen LogP contribution in [0.15, 0.2) is 29.2 Å². The van der Waals surface area contributed by atoms with Crippen molar-refractivity contribution in [1.29, 1.82) is 0 Å². The molecule has 0 atom stereocenters. The summed E-state index contributed by atoms with van der Waals surface area (Å²) in [5.41, 5.74) is -0.504. The first-order valence-corrected chi connectivity index (χ1v) is 6.78. The molecule has 1 heterocycles. The highest BCUT2D eigenvalue weighted by atomic mass is 16.3. The van der Waals surface area contributed by atoms with E-state index in [0.29, 0.717) is 19.6 Å². The lowest BCUT2D eigenvalue weighted by molar-refractivity contribution is 0.00494. The molecule has 1 aliphatic carbocycles. The van der Waals surface area contributed by atoms with Gasteiger partial charge >= 0.3 is 0 Å². The first-order chi connectivity index (χ1) is 8.70. The SMILES string of the molecule is O=c1ccccn1CCNCC1(O)CCCCC1. The Bertz CT molecular complexity index is 422. The smallest absolute Gasteiger partial charge is 0.250 e. The number of nitrogens with zero attached hydrogens (tertiary/aromatic N) is 1. The molecule has 18 heavy (non-hydrogen) atoms. The molecule has 1 fully saturated rings. The molecule has 4 nitrogen and oxygen atoms in total. The first-order valence-electron chi connectivity index (χ1n) is 6.78. The van der Waals surface area contributed by atoms with Crippen LogP contribution in [0.25, 0.3) is 0 Å². The predicted octanol–water partition coefficient (Wildman–Crippen LogP) is 1.13. The average Bonchev–Trinajstić information content (AvgIpc) is 2.37. The van der Waals surface area contributed by atoms with Crippen molar-refractivity contribution >= 4 is 0 Å². The molecule has 0 unspecified atom stereocenters. The number of nitrogens with one attached hydrogen (secondary N) is 1.